The highest BCUT2D eigenvalue weighted by Crippen LogP contribution is 2.23. The zero-order valence-electron chi connectivity index (χ0n) is 12.9. The molecule has 1 aromatic rings. The highest BCUT2D eigenvalue weighted by molar-refractivity contribution is 5.99. The smallest absolute Gasteiger partial charge is 0.288 e. The molecular weight excluding hydrogens is 302 g/mol. The van der Waals surface area contributed by atoms with Gasteiger partial charge in [-0.25, -0.2) is 4.98 Å². The molecule has 0 atom stereocenters. The molecule has 1 aliphatic heterocycles. The fourth-order valence-corrected chi connectivity index (χ4v) is 2.59. The number of rotatable bonds is 5. The fraction of sp³-hybridized carbons (Fsp3) is 0.500. The fourth-order valence-electron chi connectivity index (χ4n) is 2.59. The summed E-state index contributed by atoms with van der Waals surface area (Å²) in [5.74, 6) is -0.645. The van der Waals surface area contributed by atoms with Crippen molar-refractivity contribution in [1.82, 2.24) is 9.88 Å². The van der Waals surface area contributed by atoms with Crippen molar-refractivity contribution in [3.63, 3.8) is 0 Å². The third kappa shape index (κ3) is 3.74. The average Bonchev–Trinajstić information content (AvgIpc) is 2.69. The lowest BCUT2D eigenvalue weighted by Crippen LogP contribution is -2.38. The van der Waals surface area contributed by atoms with Crippen LogP contribution in [0.4, 0.5) is 11.5 Å². The van der Waals surface area contributed by atoms with E-state index in [2.05, 4.69) is 4.98 Å². The van der Waals surface area contributed by atoms with E-state index in [1.807, 2.05) is 6.92 Å². The molecule has 2 heterocycles. The largest absolute Gasteiger partial charge is 0.365 e. The second-order valence-electron chi connectivity index (χ2n) is 5.34. The SMILES string of the molecule is CCCN1CCCN(c2ncc([N+](=O)[O-])cc2C(N)=O)CC1=O. The lowest BCUT2D eigenvalue weighted by molar-refractivity contribution is -0.385. The molecule has 2 rings (SSSR count). The quantitative estimate of drug-likeness (QED) is 0.623. The van der Waals surface area contributed by atoms with Gasteiger partial charge in [0.25, 0.3) is 11.6 Å². The number of hydrogen-bond donors (Lipinski definition) is 1. The summed E-state index contributed by atoms with van der Waals surface area (Å²) >= 11 is 0. The summed E-state index contributed by atoms with van der Waals surface area (Å²) in [6, 6.07) is 1.10. The molecule has 2 amide bonds. The summed E-state index contributed by atoms with van der Waals surface area (Å²) < 4.78 is 0. The van der Waals surface area contributed by atoms with Crippen LogP contribution in [0, 0.1) is 10.1 Å². The number of amides is 2. The summed E-state index contributed by atoms with van der Waals surface area (Å²) in [5.41, 5.74) is 4.96. The summed E-state index contributed by atoms with van der Waals surface area (Å²) in [6.07, 6.45) is 2.66. The first-order chi connectivity index (χ1) is 10.9. The molecule has 0 radical (unpaired) electrons. The summed E-state index contributed by atoms with van der Waals surface area (Å²) in [4.78, 5) is 41.5. The predicted molar refractivity (Wildman–Crippen MR) is 83.1 cm³/mol. The van der Waals surface area contributed by atoms with Crippen molar-refractivity contribution < 1.29 is 14.5 Å². The maximum Gasteiger partial charge on any atom is 0.288 e. The number of nitrogens with zero attached hydrogens (tertiary/aromatic N) is 4. The van der Waals surface area contributed by atoms with Gasteiger partial charge in [-0.05, 0) is 12.8 Å². The number of anilines is 1. The van der Waals surface area contributed by atoms with Gasteiger partial charge in [0.1, 0.15) is 12.0 Å². The first-order valence-electron chi connectivity index (χ1n) is 7.41. The van der Waals surface area contributed by atoms with Gasteiger partial charge >= 0.3 is 0 Å². The van der Waals surface area contributed by atoms with E-state index in [0.29, 0.717) is 19.6 Å². The zero-order valence-corrected chi connectivity index (χ0v) is 12.9. The van der Waals surface area contributed by atoms with Crippen LogP contribution in [0.15, 0.2) is 12.3 Å². The van der Waals surface area contributed by atoms with Gasteiger partial charge < -0.3 is 15.5 Å². The number of nitro groups is 1. The Morgan fingerprint density at radius 3 is 2.83 bits per heavy atom. The maximum atomic E-state index is 12.3. The number of pyridine rings is 1. The van der Waals surface area contributed by atoms with Gasteiger partial charge in [0.15, 0.2) is 0 Å². The normalized spacial score (nSPS) is 15.4. The van der Waals surface area contributed by atoms with Gasteiger partial charge in [-0.15, -0.1) is 0 Å². The summed E-state index contributed by atoms with van der Waals surface area (Å²) in [6.45, 7) is 3.92. The highest BCUT2D eigenvalue weighted by atomic mass is 16.6. The van der Waals surface area contributed by atoms with E-state index in [1.165, 1.54) is 0 Å². The van der Waals surface area contributed by atoms with Crippen LogP contribution in [0.5, 0.6) is 0 Å². The number of nitrogens with two attached hydrogens (primary N) is 1. The number of carbonyl (C=O) groups is 2. The van der Waals surface area contributed by atoms with E-state index in [0.717, 1.165) is 25.1 Å². The Morgan fingerprint density at radius 2 is 2.22 bits per heavy atom. The van der Waals surface area contributed by atoms with Crippen molar-refractivity contribution in [2.24, 2.45) is 5.73 Å². The van der Waals surface area contributed by atoms with Crippen LogP contribution in [-0.4, -0.2) is 52.8 Å². The Morgan fingerprint density at radius 1 is 1.48 bits per heavy atom. The molecule has 0 saturated carbocycles. The van der Waals surface area contributed by atoms with Gasteiger partial charge in [0, 0.05) is 25.7 Å². The van der Waals surface area contributed by atoms with Gasteiger partial charge in [-0.1, -0.05) is 6.92 Å². The Kier molecular flexibility index (Phi) is 5.09. The van der Waals surface area contributed by atoms with Crippen LogP contribution < -0.4 is 10.6 Å². The highest BCUT2D eigenvalue weighted by Gasteiger charge is 2.26. The molecule has 9 heteroatoms. The van der Waals surface area contributed by atoms with Crippen molar-refractivity contribution in [2.45, 2.75) is 19.8 Å². The predicted octanol–water partition coefficient (Wildman–Crippen LogP) is 0.537. The topological polar surface area (TPSA) is 123 Å². The Balaban J connectivity index is 2.32. The molecule has 0 aliphatic carbocycles. The standard InChI is InChI=1S/C14H19N5O4/c1-2-4-17-5-3-6-18(9-12(17)20)14-11(13(15)21)7-10(8-16-14)19(22)23/h7-8H,2-6,9H2,1H3,(H2,15,21). The van der Waals surface area contributed by atoms with Gasteiger partial charge in [-0.3, -0.25) is 19.7 Å². The minimum absolute atomic E-state index is 0.0454. The second-order valence-corrected chi connectivity index (χ2v) is 5.34. The minimum atomic E-state index is -0.807. The van der Waals surface area contributed by atoms with Crippen molar-refractivity contribution in [3.05, 3.63) is 27.9 Å². The number of primary amides is 1. The molecule has 9 nitrogen and oxygen atoms in total. The monoisotopic (exact) mass is 321 g/mol. The van der Waals surface area contributed by atoms with Crippen molar-refractivity contribution in [3.8, 4) is 0 Å². The molecule has 124 valence electrons. The molecular formula is C14H19N5O4. The van der Waals surface area contributed by atoms with E-state index in [-0.39, 0.29) is 29.5 Å². The van der Waals surface area contributed by atoms with Gasteiger partial charge in [0.05, 0.1) is 17.0 Å². The summed E-state index contributed by atoms with van der Waals surface area (Å²) in [5, 5.41) is 10.8. The Bertz CT molecular complexity index is 634. The minimum Gasteiger partial charge on any atom is -0.365 e. The van der Waals surface area contributed by atoms with Crippen molar-refractivity contribution in [2.75, 3.05) is 31.1 Å². The van der Waals surface area contributed by atoms with Crippen LogP contribution in [0.3, 0.4) is 0 Å². The van der Waals surface area contributed by atoms with Crippen molar-refractivity contribution >= 4 is 23.3 Å². The van der Waals surface area contributed by atoms with E-state index in [4.69, 9.17) is 5.73 Å². The van der Waals surface area contributed by atoms with Crippen LogP contribution in [0.25, 0.3) is 0 Å². The molecule has 2 N–H and O–H groups in total. The molecule has 1 saturated heterocycles. The van der Waals surface area contributed by atoms with Gasteiger partial charge in [-0.2, -0.15) is 0 Å². The number of carbonyl (C=O) groups excluding carboxylic acids is 2. The number of aromatic nitrogens is 1. The van der Waals surface area contributed by atoms with Crippen LogP contribution >= 0.6 is 0 Å². The second kappa shape index (κ2) is 7.03. The van der Waals surface area contributed by atoms with Gasteiger partial charge in [0.2, 0.25) is 5.91 Å². The molecule has 1 fully saturated rings. The third-order valence-corrected chi connectivity index (χ3v) is 3.66. The molecule has 0 spiro atoms. The maximum absolute atomic E-state index is 12.3. The summed E-state index contributed by atoms with van der Waals surface area (Å²) in [7, 11) is 0. The molecule has 1 aliphatic rings. The molecule has 0 aromatic carbocycles. The van der Waals surface area contributed by atoms with Crippen molar-refractivity contribution in [1.29, 1.82) is 0 Å². The van der Waals surface area contributed by atoms with E-state index >= 15 is 0 Å². The van der Waals surface area contributed by atoms with Crippen LogP contribution in [0.1, 0.15) is 30.1 Å². The Hall–Kier alpha value is -2.71. The zero-order chi connectivity index (χ0) is 17.0. The lowest BCUT2D eigenvalue weighted by Gasteiger charge is -2.23. The molecule has 0 unspecified atom stereocenters. The lowest BCUT2D eigenvalue weighted by atomic mass is 10.2. The molecule has 23 heavy (non-hydrogen) atoms. The third-order valence-electron chi connectivity index (χ3n) is 3.66. The molecule has 1 aromatic heterocycles. The number of hydrogen-bond acceptors (Lipinski definition) is 6. The first kappa shape index (κ1) is 16.7. The molecule has 0 bridgehead atoms. The van der Waals surface area contributed by atoms with E-state index in [9.17, 15) is 19.7 Å². The average molecular weight is 321 g/mol. The van der Waals surface area contributed by atoms with Crippen LogP contribution in [0.2, 0.25) is 0 Å². The van der Waals surface area contributed by atoms with Crippen LogP contribution in [-0.2, 0) is 4.79 Å². The van der Waals surface area contributed by atoms with E-state index < -0.39 is 10.8 Å². The first-order valence-corrected chi connectivity index (χ1v) is 7.41. The van der Waals surface area contributed by atoms with E-state index in [1.54, 1.807) is 9.80 Å². The Labute approximate surface area is 133 Å².